The number of carbonyl (C=O) groups excluding carboxylic acids is 1. The lowest BCUT2D eigenvalue weighted by molar-refractivity contribution is 0.103. The number of carbonyl (C=O) groups is 1. The lowest BCUT2D eigenvalue weighted by Crippen LogP contribution is -2.24. The first kappa shape index (κ1) is 7.38. The van der Waals surface area contributed by atoms with Gasteiger partial charge in [-0.3, -0.25) is 0 Å². The van der Waals surface area contributed by atoms with E-state index in [9.17, 15) is 4.79 Å². The molecule has 1 rings (SSSR count). The Morgan fingerprint density at radius 3 is 2.60 bits per heavy atom. The lowest BCUT2D eigenvalue weighted by atomic mass is 10.3. The highest BCUT2D eigenvalue weighted by Crippen LogP contribution is 2.20. The van der Waals surface area contributed by atoms with Crippen LogP contribution in [0.1, 0.15) is 25.7 Å². The van der Waals surface area contributed by atoms with Gasteiger partial charge in [0.05, 0.1) is 0 Å². The molecule has 3 nitrogen and oxygen atoms in total. The number of nitrogens with one attached hydrogen (secondary N) is 1. The van der Waals surface area contributed by atoms with Crippen LogP contribution in [0.4, 0.5) is 4.79 Å². The first-order valence-electron chi connectivity index (χ1n) is 3.71. The summed E-state index contributed by atoms with van der Waals surface area (Å²) >= 11 is 0. The van der Waals surface area contributed by atoms with Crippen molar-refractivity contribution < 1.29 is 9.53 Å². The molecule has 0 unspecified atom stereocenters. The van der Waals surface area contributed by atoms with Crippen LogP contribution < -0.4 is 5.32 Å². The second-order valence-corrected chi connectivity index (χ2v) is 2.56. The summed E-state index contributed by atoms with van der Waals surface area (Å²) in [5.74, 6) is 0. The fourth-order valence-corrected chi connectivity index (χ4v) is 1.22. The largest absolute Gasteiger partial charge is 0.446 e. The molecule has 0 aliphatic heterocycles. The van der Waals surface area contributed by atoms with Crippen LogP contribution in [0.15, 0.2) is 0 Å². The van der Waals surface area contributed by atoms with E-state index in [0.717, 1.165) is 12.8 Å². The summed E-state index contributed by atoms with van der Waals surface area (Å²) in [5.41, 5.74) is 0. The molecule has 58 valence electrons. The van der Waals surface area contributed by atoms with Gasteiger partial charge in [-0.25, -0.2) is 4.79 Å². The van der Waals surface area contributed by atoms with Crippen LogP contribution in [0, 0.1) is 0 Å². The molecule has 0 bridgehead atoms. The van der Waals surface area contributed by atoms with Gasteiger partial charge in [-0.05, 0) is 25.7 Å². The van der Waals surface area contributed by atoms with E-state index >= 15 is 0 Å². The smallest absolute Gasteiger partial charge is 0.407 e. The first-order valence-corrected chi connectivity index (χ1v) is 3.71. The summed E-state index contributed by atoms with van der Waals surface area (Å²) in [4.78, 5) is 10.6. The Bertz CT molecular complexity index is 119. The van der Waals surface area contributed by atoms with E-state index in [1.807, 2.05) is 0 Å². The van der Waals surface area contributed by atoms with Gasteiger partial charge in [0.1, 0.15) is 6.10 Å². The van der Waals surface area contributed by atoms with E-state index in [-0.39, 0.29) is 12.2 Å². The Hall–Kier alpha value is -0.730. The predicted molar refractivity (Wildman–Crippen MR) is 37.8 cm³/mol. The maximum Gasteiger partial charge on any atom is 0.407 e. The van der Waals surface area contributed by atoms with Gasteiger partial charge in [0.25, 0.3) is 0 Å². The zero-order valence-electron chi connectivity index (χ0n) is 6.22. The summed E-state index contributed by atoms with van der Waals surface area (Å²) < 4.78 is 5.01. The third-order valence-electron chi connectivity index (χ3n) is 1.78. The van der Waals surface area contributed by atoms with Crippen molar-refractivity contribution in [3.05, 3.63) is 0 Å². The zero-order valence-corrected chi connectivity index (χ0v) is 6.22. The summed E-state index contributed by atoms with van der Waals surface area (Å²) in [6.07, 6.45) is 4.34. The summed E-state index contributed by atoms with van der Waals surface area (Å²) in [7, 11) is 1.58. The summed E-state index contributed by atoms with van der Waals surface area (Å²) in [5, 5.41) is 2.43. The Balaban J connectivity index is 2.17. The number of rotatable bonds is 1. The number of amides is 1. The molecule has 0 radical (unpaired) electrons. The first-order chi connectivity index (χ1) is 4.83. The summed E-state index contributed by atoms with van der Waals surface area (Å²) in [6, 6.07) is 0. The Morgan fingerprint density at radius 2 is 2.10 bits per heavy atom. The minimum absolute atomic E-state index is 0.181. The molecule has 1 fully saturated rings. The molecule has 0 aromatic carbocycles. The van der Waals surface area contributed by atoms with Crippen LogP contribution in [-0.2, 0) is 4.74 Å². The molecule has 0 aromatic heterocycles. The SMILES string of the molecule is CNC(=O)OC1CCCC1. The van der Waals surface area contributed by atoms with Crippen molar-refractivity contribution in [1.82, 2.24) is 5.32 Å². The van der Waals surface area contributed by atoms with Crippen molar-refractivity contribution in [3.8, 4) is 0 Å². The highest BCUT2D eigenvalue weighted by Gasteiger charge is 2.17. The zero-order chi connectivity index (χ0) is 7.40. The van der Waals surface area contributed by atoms with Crippen LogP contribution in [-0.4, -0.2) is 19.2 Å². The van der Waals surface area contributed by atoms with Crippen molar-refractivity contribution in [2.75, 3.05) is 7.05 Å². The maximum atomic E-state index is 10.6. The van der Waals surface area contributed by atoms with Gasteiger partial charge in [-0.15, -0.1) is 0 Å². The number of ether oxygens (including phenoxy) is 1. The quantitative estimate of drug-likeness (QED) is 0.600. The second kappa shape index (κ2) is 3.44. The van der Waals surface area contributed by atoms with E-state index < -0.39 is 0 Å². The van der Waals surface area contributed by atoms with E-state index in [1.165, 1.54) is 12.8 Å². The molecule has 1 N–H and O–H groups in total. The summed E-state index contributed by atoms with van der Waals surface area (Å²) in [6.45, 7) is 0. The number of hydrogen-bond acceptors (Lipinski definition) is 2. The molecule has 1 saturated carbocycles. The highest BCUT2D eigenvalue weighted by atomic mass is 16.6. The van der Waals surface area contributed by atoms with E-state index in [2.05, 4.69) is 5.32 Å². The fourth-order valence-electron chi connectivity index (χ4n) is 1.22. The van der Waals surface area contributed by atoms with Gasteiger partial charge >= 0.3 is 6.09 Å². The standard InChI is InChI=1S/C7H13NO2/c1-8-7(9)10-6-4-2-3-5-6/h6H,2-5H2,1H3,(H,8,9). The monoisotopic (exact) mass is 143 g/mol. The van der Waals surface area contributed by atoms with E-state index in [0.29, 0.717) is 0 Å². The minimum atomic E-state index is -0.299. The second-order valence-electron chi connectivity index (χ2n) is 2.56. The molecule has 0 aromatic rings. The average molecular weight is 143 g/mol. The average Bonchev–Trinajstić information content (AvgIpc) is 2.40. The Morgan fingerprint density at radius 1 is 1.50 bits per heavy atom. The Labute approximate surface area is 60.7 Å². The molecule has 10 heavy (non-hydrogen) atoms. The van der Waals surface area contributed by atoms with Gasteiger partial charge < -0.3 is 10.1 Å². The highest BCUT2D eigenvalue weighted by molar-refractivity contribution is 5.66. The number of alkyl carbamates (subject to hydrolysis) is 1. The van der Waals surface area contributed by atoms with Gasteiger partial charge in [-0.2, -0.15) is 0 Å². The molecule has 0 atom stereocenters. The Kier molecular flexibility index (Phi) is 2.54. The molecule has 3 heteroatoms. The number of hydrogen-bond donors (Lipinski definition) is 1. The topological polar surface area (TPSA) is 38.3 Å². The van der Waals surface area contributed by atoms with Crippen LogP contribution in [0.5, 0.6) is 0 Å². The molecule has 0 saturated heterocycles. The van der Waals surface area contributed by atoms with Crippen molar-refractivity contribution in [2.45, 2.75) is 31.8 Å². The van der Waals surface area contributed by atoms with Crippen molar-refractivity contribution in [3.63, 3.8) is 0 Å². The molecular formula is C7H13NO2. The third kappa shape index (κ3) is 1.90. The molecular weight excluding hydrogens is 130 g/mol. The van der Waals surface area contributed by atoms with Gasteiger partial charge in [0, 0.05) is 7.05 Å². The fraction of sp³-hybridized carbons (Fsp3) is 0.857. The molecule has 1 aliphatic carbocycles. The van der Waals surface area contributed by atoms with Crippen LogP contribution in [0.3, 0.4) is 0 Å². The van der Waals surface area contributed by atoms with Gasteiger partial charge in [0.2, 0.25) is 0 Å². The van der Waals surface area contributed by atoms with Crippen molar-refractivity contribution >= 4 is 6.09 Å². The van der Waals surface area contributed by atoms with Crippen LogP contribution in [0.2, 0.25) is 0 Å². The van der Waals surface area contributed by atoms with Crippen LogP contribution in [0.25, 0.3) is 0 Å². The van der Waals surface area contributed by atoms with E-state index in [1.54, 1.807) is 7.05 Å². The predicted octanol–water partition coefficient (Wildman–Crippen LogP) is 1.28. The van der Waals surface area contributed by atoms with Crippen LogP contribution >= 0.6 is 0 Å². The third-order valence-corrected chi connectivity index (χ3v) is 1.78. The lowest BCUT2D eigenvalue weighted by Gasteiger charge is -2.09. The molecule has 1 aliphatic rings. The molecule has 1 amide bonds. The van der Waals surface area contributed by atoms with Crippen molar-refractivity contribution in [2.24, 2.45) is 0 Å². The van der Waals surface area contributed by atoms with Gasteiger partial charge in [0.15, 0.2) is 0 Å². The molecule has 0 spiro atoms. The normalized spacial score (nSPS) is 18.9. The van der Waals surface area contributed by atoms with E-state index in [4.69, 9.17) is 4.74 Å². The molecule has 0 heterocycles. The minimum Gasteiger partial charge on any atom is -0.446 e. The maximum absolute atomic E-state index is 10.6. The van der Waals surface area contributed by atoms with Crippen molar-refractivity contribution in [1.29, 1.82) is 0 Å². The van der Waals surface area contributed by atoms with Gasteiger partial charge in [-0.1, -0.05) is 0 Å².